The Morgan fingerprint density at radius 2 is 2.29 bits per heavy atom. The predicted octanol–water partition coefficient (Wildman–Crippen LogP) is 0.733. The minimum absolute atomic E-state index is 0.0969. The summed E-state index contributed by atoms with van der Waals surface area (Å²) in [4.78, 5) is 19.5. The van der Waals surface area contributed by atoms with Crippen LogP contribution in [-0.4, -0.2) is 26.6 Å². The van der Waals surface area contributed by atoms with Crippen LogP contribution in [0.5, 0.6) is 0 Å². The van der Waals surface area contributed by atoms with Crippen molar-refractivity contribution in [3.63, 3.8) is 0 Å². The van der Waals surface area contributed by atoms with Crippen LogP contribution in [0.25, 0.3) is 0 Å². The first-order valence-electron chi connectivity index (χ1n) is 4.41. The Balaban J connectivity index is 2.44. The number of carbonyl (C=O) groups is 1. The second-order valence-corrected chi connectivity index (χ2v) is 4.52. The van der Waals surface area contributed by atoms with Crippen LogP contribution >= 0.6 is 0 Å². The molecule has 0 aliphatic heterocycles. The van der Waals surface area contributed by atoms with Crippen molar-refractivity contribution >= 4 is 17.0 Å². The van der Waals surface area contributed by atoms with Crippen molar-refractivity contribution < 1.29 is 9.35 Å². The summed E-state index contributed by atoms with van der Waals surface area (Å²) in [6.45, 7) is 0. The molecule has 4 nitrogen and oxygen atoms in total. The SMILES string of the molecule is C[S+]([O-])c1ncc2c(n1)CCCC2=O. The number of nitrogens with zero attached hydrogens (tertiary/aromatic N) is 2. The minimum atomic E-state index is -1.17. The Morgan fingerprint density at radius 3 is 3.00 bits per heavy atom. The maximum atomic E-state index is 11.4. The number of aryl methyl sites for hydroxylation is 1. The Morgan fingerprint density at radius 1 is 1.50 bits per heavy atom. The molecular formula is C9H10N2O2S. The maximum absolute atomic E-state index is 11.4. The summed E-state index contributed by atoms with van der Waals surface area (Å²) in [5.41, 5.74) is 1.35. The van der Waals surface area contributed by atoms with Gasteiger partial charge in [0.1, 0.15) is 6.26 Å². The first kappa shape index (κ1) is 9.61. The van der Waals surface area contributed by atoms with Gasteiger partial charge in [0.15, 0.2) is 5.78 Å². The van der Waals surface area contributed by atoms with Gasteiger partial charge in [-0.05, 0) is 12.8 Å². The molecule has 1 aliphatic rings. The highest BCUT2D eigenvalue weighted by atomic mass is 32.2. The van der Waals surface area contributed by atoms with Crippen LogP contribution in [0.1, 0.15) is 28.9 Å². The molecule has 1 heterocycles. The van der Waals surface area contributed by atoms with Gasteiger partial charge in [0.25, 0.3) is 0 Å². The minimum Gasteiger partial charge on any atom is -0.609 e. The van der Waals surface area contributed by atoms with E-state index in [9.17, 15) is 9.35 Å². The lowest BCUT2D eigenvalue weighted by atomic mass is 9.96. The molecule has 1 unspecified atom stereocenters. The first-order chi connectivity index (χ1) is 6.68. The van der Waals surface area contributed by atoms with Gasteiger partial charge in [-0.1, -0.05) is 0 Å². The van der Waals surface area contributed by atoms with E-state index in [2.05, 4.69) is 9.97 Å². The number of hydrogen-bond acceptors (Lipinski definition) is 4. The second-order valence-electron chi connectivity index (χ2n) is 3.24. The fourth-order valence-electron chi connectivity index (χ4n) is 1.51. The monoisotopic (exact) mass is 210 g/mol. The number of ketones is 1. The second kappa shape index (κ2) is 3.67. The van der Waals surface area contributed by atoms with E-state index in [1.807, 2.05) is 0 Å². The third kappa shape index (κ3) is 1.65. The fourth-order valence-corrected chi connectivity index (χ4v) is 1.95. The lowest BCUT2D eigenvalue weighted by molar-refractivity contribution is 0.0970. The van der Waals surface area contributed by atoms with E-state index in [-0.39, 0.29) is 5.78 Å². The molecule has 0 saturated heterocycles. The van der Waals surface area contributed by atoms with Gasteiger partial charge in [0, 0.05) is 23.8 Å². The number of fused-ring (bicyclic) bond motifs is 1. The van der Waals surface area contributed by atoms with Crippen molar-refractivity contribution in [2.45, 2.75) is 24.4 Å². The predicted molar refractivity (Wildman–Crippen MR) is 51.6 cm³/mol. The highest BCUT2D eigenvalue weighted by Gasteiger charge is 2.21. The lowest BCUT2D eigenvalue weighted by Gasteiger charge is -2.13. The molecular weight excluding hydrogens is 200 g/mol. The molecule has 14 heavy (non-hydrogen) atoms. The van der Waals surface area contributed by atoms with Crippen LogP contribution in [0.4, 0.5) is 0 Å². The molecule has 74 valence electrons. The molecule has 0 amide bonds. The van der Waals surface area contributed by atoms with Crippen molar-refractivity contribution in [2.24, 2.45) is 0 Å². The highest BCUT2D eigenvalue weighted by molar-refractivity contribution is 7.90. The zero-order valence-electron chi connectivity index (χ0n) is 7.82. The van der Waals surface area contributed by atoms with Crippen molar-refractivity contribution in [3.05, 3.63) is 17.5 Å². The molecule has 1 aromatic heterocycles. The van der Waals surface area contributed by atoms with Crippen LogP contribution in [0.3, 0.4) is 0 Å². The Hall–Kier alpha value is -0.940. The molecule has 2 rings (SSSR count). The van der Waals surface area contributed by atoms with Gasteiger partial charge in [0.2, 0.25) is 0 Å². The third-order valence-corrected chi connectivity index (χ3v) is 2.93. The Labute approximate surface area is 84.9 Å². The third-order valence-electron chi connectivity index (χ3n) is 2.22. The van der Waals surface area contributed by atoms with E-state index in [0.29, 0.717) is 17.1 Å². The molecule has 0 saturated carbocycles. The summed E-state index contributed by atoms with van der Waals surface area (Å²) in [5.74, 6) is 0.0969. The van der Waals surface area contributed by atoms with Gasteiger partial charge in [-0.25, -0.2) is 0 Å². The first-order valence-corrected chi connectivity index (χ1v) is 5.97. The lowest BCUT2D eigenvalue weighted by Crippen LogP contribution is -2.16. The summed E-state index contributed by atoms with van der Waals surface area (Å²) in [6.07, 6.45) is 5.23. The van der Waals surface area contributed by atoms with Gasteiger partial charge in [-0.2, -0.15) is 9.97 Å². The van der Waals surface area contributed by atoms with E-state index in [4.69, 9.17) is 0 Å². The summed E-state index contributed by atoms with van der Waals surface area (Å²) >= 11 is -1.17. The molecule has 1 aliphatic carbocycles. The van der Waals surface area contributed by atoms with Crippen molar-refractivity contribution in [1.29, 1.82) is 0 Å². The van der Waals surface area contributed by atoms with Gasteiger partial charge in [-0.15, -0.1) is 0 Å². The summed E-state index contributed by atoms with van der Waals surface area (Å²) in [7, 11) is 0. The molecule has 0 spiro atoms. The molecule has 0 aromatic carbocycles. The van der Waals surface area contributed by atoms with E-state index in [1.54, 1.807) is 0 Å². The topological polar surface area (TPSA) is 65.9 Å². The molecule has 1 atom stereocenters. The number of aromatic nitrogens is 2. The standard InChI is InChI=1S/C9H10N2O2S/c1-14(13)9-10-5-6-7(11-9)3-2-4-8(6)12/h5H,2-4H2,1H3. The average Bonchev–Trinajstić information content (AvgIpc) is 2.17. The molecule has 1 aromatic rings. The number of rotatable bonds is 1. The fraction of sp³-hybridized carbons (Fsp3) is 0.444. The van der Waals surface area contributed by atoms with Crippen LogP contribution < -0.4 is 0 Å². The van der Waals surface area contributed by atoms with Crippen LogP contribution in [0.2, 0.25) is 0 Å². The quantitative estimate of drug-likeness (QED) is 0.506. The molecule has 0 radical (unpaired) electrons. The Kier molecular flexibility index (Phi) is 2.52. The van der Waals surface area contributed by atoms with E-state index in [1.165, 1.54) is 12.5 Å². The highest BCUT2D eigenvalue weighted by Crippen LogP contribution is 2.19. The summed E-state index contributed by atoms with van der Waals surface area (Å²) in [5, 5.41) is 0.318. The van der Waals surface area contributed by atoms with E-state index >= 15 is 0 Å². The van der Waals surface area contributed by atoms with Crippen molar-refractivity contribution in [2.75, 3.05) is 6.26 Å². The Bertz CT molecular complexity index is 379. The maximum Gasteiger partial charge on any atom is 0.342 e. The molecule has 5 heteroatoms. The van der Waals surface area contributed by atoms with Gasteiger partial charge >= 0.3 is 5.16 Å². The molecule has 0 N–H and O–H groups in total. The number of Topliss-reactive ketones (excluding diaryl/α,β-unsaturated/α-hetero) is 1. The number of hydrogen-bond donors (Lipinski definition) is 0. The smallest absolute Gasteiger partial charge is 0.342 e. The van der Waals surface area contributed by atoms with E-state index < -0.39 is 11.2 Å². The average molecular weight is 210 g/mol. The molecule has 0 fully saturated rings. The zero-order chi connectivity index (χ0) is 10.1. The van der Waals surface area contributed by atoms with Crippen LogP contribution in [-0.2, 0) is 17.6 Å². The summed E-state index contributed by atoms with van der Waals surface area (Å²) in [6, 6.07) is 0. The van der Waals surface area contributed by atoms with Crippen molar-refractivity contribution in [1.82, 2.24) is 9.97 Å². The zero-order valence-corrected chi connectivity index (χ0v) is 8.63. The molecule has 0 bridgehead atoms. The van der Waals surface area contributed by atoms with Crippen molar-refractivity contribution in [3.8, 4) is 0 Å². The van der Waals surface area contributed by atoms with Gasteiger partial charge in [0.05, 0.1) is 11.3 Å². The largest absolute Gasteiger partial charge is 0.609 e. The van der Waals surface area contributed by atoms with Gasteiger partial charge < -0.3 is 4.55 Å². The number of carbonyl (C=O) groups excluding carboxylic acids is 1. The van der Waals surface area contributed by atoms with Gasteiger partial charge in [-0.3, -0.25) is 4.79 Å². The van der Waals surface area contributed by atoms with Crippen LogP contribution in [0, 0.1) is 0 Å². The van der Waals surface area contributed by atoms with Crippen LogP contribution in [0.15, 0.2) is 11.4 Å². The van der Waals surface area contributed by atoms with E-state index in [0.717, 1.165) is 18.5 Å². The summed E-state index contributed by atoms with van der Waals surface area (Å²) < 4.78 is 11.1. The normalized spacial score (nSPS) is 17.7.